The van der Waals surface area contributed by atoms with Crippen LogP contribution in [0.4, 0.5) is 0 Å². The predicted molar refractivity (Wildman–Crippen MR) is 101 cm³/mol. The average molecular weight is 325 g/mol. The Kier molecular flexibility index (Phi) is 5.37. The van der Waals surface area contributed by atoms with Gasteiger partial charge in [-0.2, -0.15) is 0 Å². The summed E-state index contributed by atoms with van der Waals surface area (Å²) in [5, 5.41) is 3.42. The molecule has 112 valence electrons. The molecule has 0 bridgehead atoms. The fourth-order valence-corrected chi connectivity index (χ4v) is 5.07. The molecule has 2 aromatic rings. The summed E-state index contributed by atoms with van der Waals surface area (Å²) in [4.78, 5) is 1.48. The highest BCUT2D eigenvalue weighted by Crippen LogP contribution is 2.42. The van der Waals surface area contributed by atoms with Gasteiger partial charge in [0, 0.05) is 24.8 Å². The van der Waals surface area contributed by atoms with Gasteiger partial charge in [-0.1, -0.05) is 69.0 Å². The Morgan fingerprint density at radius 1 is 1.09 bits per heavy atom. The van der Waals surface area contributed by atoms with Gasteiger partial charge in [-0.05, 0) is 27.7 Å². The smallest absolute Gasteiger partial charge is 0.0397 e. The van der Waals surface area contributed by atoms with Crippen molar-refractivity contribution >= 4 is 25.2 Å². The quantitative estimate of drug-likeness (QED) is 0.701. The first-order chi connectivity index (χ1) is 10.8. The van der Waals surface area contributed by atoms with Crippen LogP contribution in [0.2, 0.25) is 0 Å². The van der Waals surface area contributed by atoms with E-state index in [1.54, 1.807) is 0 Å². The van der Waals surface area contributed by atoms with Crippen LogP contribution < -0.4 is 5.32 Å². The molecule has 1 nitrogen and oxygen atoms in total. The van der Waals surface area contributed by atoms with Gasteiger partial charge >= 0.3 is 0 Å². The lowest BCUT2D eigenvalue weighted by molar-refractivity contribution is 0.819. The first kappa shape index (κ1) is 15.4. The second-order valence-electron chi connectivity index (χ2n) is 5.35. The van der Waals surface area contributed by atoms with E-state index in [0.29, 0.717) is 0 Å². The lowest BCUT2D eigenvalue weighted by Crippen LogP contribution is -2.12. The van der Waals surface area contributed by atoms with E-state index in [4.69, 9.17) is 0 Å². The minimum Gasteiger partial charge on any atom is -0.384 e. The Labute approximate surface area is 138 Å². The molecular weight excluding hydrogens is 305 g/mol. The predicted octanol–water partition coefficient (Wildman–Crippen LogP) is 5.21. The second kappa shape index (κ2) is 7.67. The Morgan fingerprint density at radius 2 is 1.86 bits per heavy atom. The number of benzene rings is 2. The number of fused-ring (bicyclic) bond motifs is 1. The molecule has 0 spiro atoms. The van der Waals surface area contributed by atoms with E-state index in [2.05, 4.69) is 66.5 Å². The number of hydrogen-bond acceptors (Lipinski definition) is 2. The summed E-state index contributed by atoms with van der Waals surface area (Å²) in [7, 11) is 0.828. The lowest BCUT2D eigenvalue weighted by atomic mass is 10.1. The van der Waals surface area contributed by atoms with E-state index in [1.165, 1.54) is 21.6 Å². The van der Waals surface area contributed by atoms with E-state index in [1.807, 2.05) is 17.4 Å². The van der Waals surface area contributed by atoms with Gasteiger partial charge in [0.1, 0.15) is 0 Å². The maximum atomic E-state index is 4.14. The summed E-state index contributed by atoms with van der Waals surface area (Å²) < 4.78 is 0. The summed E-state index contributed by atoms with van der Waals surface area (Å²) in [6.07, 6.45) is 4.45. The molecule has 0 heterocycles. The molecule has 0 saturated heterocycles. The number of rotatable bonds is 7. The molecule has 1 atom stereocenters. The van der Waals surface area contributed by atoms with E-state index in [9.17, 15) is 0 Å². The van der Waals surface area contributed by atoms with Crippen LogP contribution in [-0.4, -0.2) is 6.16 Å². The summed E-state index contributed by atoms with van der Waals surface area (Å²) in [6.45, 7) is 5.00. The molecule has 0 radical (unpaired) electrons. The molecule has 0 aromatic heterocycles. The number of nitrogens with one attached hydrogen (secondary N) is 1. The zero-order valence-corrected chi connectivity index (χ0v) is 14.3. The van der Waals surface area contributed by atoms with Crippen molar-refractivity contribution in [1.29, 1.82) is 0 Å². The van der Waals surface area contributed by atoms with E-state index >= 15 is 0 Å². The van der Waals surface area contributed by atoms with E-state index < -0.39 is 0 Å². The van der Waals surface area contributed by atoms with Crippen LogP contribution in [0.5, 0.6) is 0 Å². The zero-order valence-electron chi connectivity index (χ0n) is 12.5. The van der Waals surface area contributed by atoms with Crippen molar-refractivity contribution in [2.24, 2.45) is 0 Å². The minimum absolute atomic E-state index is 0.828. The van der Waals surface area contributed by atoms with Crippen LogP contribution in [0.15, 0.2) is 71.8 Å². The standard InChI is InChI=1S/C19H20NPS/c1-15(20-13-16-7-3-2-4-8-16)14-21-22-19-11-17-9-5-6-10-18(17)12-19/h2-11,20-21H,1,12-14H2. The zero-order chi connectivity index (χ0) is 15.2. The van der Waals surface area contributed by atoms with Crippen LogP contribution in [0.25, 0.3) is 6.08 Å². The van der Waals surface area contributed by atoms with Gasteiger partial charge in [0.25, 0.3) is 0 Å². The van der Waals surface area contributed by atoms with Crippen molar-refractivity contribution in [3.8, 4) is 0 Å². The van der Waals surface area contributed by atoms with E-state index in [-0.39, 0.29) is 0 Å². The van der Waals surface area contributed by atoms with Gasteiger partial charge < -0.3 is 5.32 Å². The lowest BCUT2D eigenvalue weighted by Gasteiger charge is -2.09. The van der Waals surface area contributed by atoms with Crippen molar-refractivity contribution in [1.82, 2.24) is 5.32 Å². The van der Waals surface area contributed by atoms with Crippen LogP contribution in [0, 0.1) is 0 Å². The van der Waals surface area contributed by atoms with Gasteiger partial charge in [-0.25, -0.2) is 0 Å². The molecule has 3 heteroatoms. The number of hydrogen-bond donors (Lipinski definition) is 1. The van der Waals surface area contributed by atoms with Crippen LogP contribution in [0.3, 0.4) is 0 Å². The third kappa shape index (κ3) is 4.25. The summed E-state index contributed by atoms with van der Waals surface area (Å²) >= 11 is 1.98. The molecule has 0 amide bonds. The van der Waals surface area contributed by atoms with Gasteiger partial charge in [0.05, 0.1) is 0 Å². The maximum Gasteiger partial charge on any atom is 0.0397 e. The molecule has 3 rings (SSSR count). The summed E-state index contributed by atoms with van der Waals surface area (Å²) in [5.41, 5.74) is 5.27. The third-order valence-electron chi connectivity index (χ3n) is 3.61. The molecule has 0 fully saturated rings. The molecule has 0 saturated carbocycles. The molecule has 1 N–H and O–H groups in total. The first-order valence-electron chi connectivity index (χ1n) is 7.45. The fraction of sp³-hybridized carbons (Fsp3) is 0.158. The van der Waals surface area contributed by atoms with Crippen molar-refractivity contribution in [3.63, 3.8) is 0 Å². The number of allylic oxidation sites excluding steroid dienone is 2. The van der Waals surface area contributed by atoms with E-state index in [0.717, 1.165) is 32.6 Å². The highest BCUT2D eigenvalue weighted by molar-refractivity contribution is 8.51. The van der Waals surface area contributed by atoms with Crippen molar-refractivity contribution in [3.05, 3.63) is 88.5 Å². The molecule has 22 heavy (non-hydrogen) atoms. The molecule has 2 aromatic carbocycles. The maximum absolute atomic E-state index is 4.14. The summed E-state index contributed by atoms with van der Waals surface area (Å²) in [5.74, 6) is 0. The van der Waals surface area contributed by atoms with Gasteiger partial charge in [0.15, 0.2) is 0 Å². The van der Waals surface area contributed by atoms with Gasteiger partial charge in [-0.3, -0.25) is 0 Å². The van der Waals surface area contributed by atoms with Gasteiger partial charge in [0.2, 0.25) is 0 Å². The largest absolute Gasteiger partial charge is 0.384 e. The van der Waals surface area contributed by atoms with Crippen LogP contribution in [-0.2, 0) is 13.0 Å². The van der Waals surface area contributed by atoms with Crippen molar-refractivity contribution in [2.45, 2.75) is 13.0 Å². The first-order valence-corrected chi connectivity index (χ1v) is 10.2. The molecule has 1 aliphatic carbocycles. The van der Waals surface area contributed by atoms with Gasteiger partial charge in [-0.15, -0.1) is 11.4 Å². The highest BCUT2D eigenvalue weighted by Gasteiger charge is 2.11. The normalized spacial score (nSPS) is 13.2. The third-order valence-corrected chi connectivity index (χ3v) is 6.50. The Balaban J connectivity index is 1.38. The summed E-state index contributed by atoms with van der Waals surface area (Å²) in [6, 6.07) is 19.1. The van der Waals surface area contributed by atoms with Crippen LogP contribution >= 0.6 is 19.2 Å². The Morgan fingerprint density at radius 3 is 2.68 bits per heavy atom. The molecule has 1 unspecified atom stereocenters. The topological polar surface area (TPSA) is 12.0 Å². The van der Waals surface area contributed by atoms with Crippen molar-refractivity contribution < 1.29 is 0 Å². The monoisotopic (exact) mass is 325 g/mol. The Bertz CT molecular complexity index is 679. The SMILES string of the molecule is C=C(CPSC1=Cc2ccccc2C1)NCc1ccccc1. The fourth-order valence-electron chi connectivity index (χ4n) is 2.42. The average Bonchev–Trinajstić information content (AvgIpc) is 2.96. The molecular formula is C19H20NPS. The van der Waals surface area contributed by atoms with Crippen molar-refractivity contribution in [2.75, 3.05) is 6.16 Å². The second-order valence-corrected chi connectivity index (χ2v) is 8.20. The highest BCUT2D eigenvalue weighted by atomic mass is 32.7. The molecule has 0 aliphatic heterocycles. The Hall–Kier alpha value is -1.50. The van der Waals surface area contributed by atoms with Crippen LogP contribution in [0.1, 0.15) is 16.7 Å². The minimum atomic E-state index is 0.828. The molecule has 1 aliphatic rings.